The standard InChI is InChI=1S/C13H8F2O3S/c1-6-2-3-11(19-6)12(16)7-4-9(14)10(15)5-8(7)13(17)18/h2-5H,1H3,(H,17,18). The molecule has 0 bridgehead atoms. The van der Waals surface area contributed by atoms with Crippen molar-refractivity contribution in [3.05, 3.63) is 56.8 Å². The van der Waals surface area contributed by atoms with Crippen molar-refractivity contribution in [2.75, 3.05) is 0 Å². The average molecular weight is 282 g/mol. The molecular formula is C13H8F2O3S. The van der Waals surface area contributed by atoms with Gasteiger partial charge >= 0.3 is 5.97 Å². The third kappa shape index (κ3) is 2.53. The molecule has 0 aliphatic carbocycles. The molecule has 2 rings (SSSR count). The molecule has 19 heavy (non-hydrogen) atoms. The first kappa shape index (κ1) is 13.4. The van der Waals surface area contributed by atoms with Crippen molar-refractivity contribution in [3.63, 3.8) is 0 Å². The van der Waals surface area contributed by atoms with Crippen LogP contribution in [0.15, 0.2) is 24.3 Å². The molecule has 98 valence electrons. The fourth-order valence-corrected chi connectivity index (χ4v) is 2.42. The van der Waals surface area contributed by atoms with Crippen LogP contribution in [0, 0.1) is 18.6 Å². The lowest BCUT2D eigenvalue weighted by atomic mass is 10.0. The van der Waals surface area contributed by atoms with Gasteiger partial charge in [-0.15, -0.1) is 11.3 Å². The predicted octanol–water partition coefficient (Wildman–Crippen LogP) is 3.26. The zero-order valence-electron chi connectivity index (χ0n) is 9.74. The van der Waals surface area contributed by atoms with Gasteiger partial charge in [0.2, 0.25) is 5.78 Å². The molecule has 3 nitrogen and oxygen atoms in total. The van der Waals surface area contributed by atoms with Crippen molar-refractivity contribution in [3.8, 4) is 0 Å². The molecule has 0 saturated carbocycles. The van der Waals surface area contributed by atoms with Crippen LogP contribution >= 0.6 is 11.3 Å². The Morgan fingerprint density at radius 1 is 1.11 bits per heavy atom. The predicted molar refractivity (Wildman–Crippen MR) is 65.8 cm³/mol. The Labute approximate surface area is 111 Å². The SMILES string of the molecule is Cc1ccc(C(=O)c2cc(F)c(F)cc2C(=O)O)s1. The molecule has 0 spiro atoms. The Kier molecular flexibility index (Phi) is 3.44. The maximum absolute atomic E-state index is 13.2. The molecule has 0 fully saturated rings. The first-order valence-corrected chi connectivity index (χ1v) is 6.05. The van der Waals surface area contributed by atoms with Crippen LogP contribution in [0.5, 0.6) is 0 Å². The van der Waals surface area contributed by atoms with E-state index in [4.69, 9.17) is 5.11 Å². The van der Waals surface area contributed by atoms with Gasteiger partial charge in [-0.05, 0) is 31.2 Å². The Hall–Kier alpha value is -2.08. The molecular weight excluding hydrogens is 274 g/mol. The van der Waals surface area contributed by atoms with Crippen molar-refractivity contribution in [2.45, 2.75) is 6.92 Å². The van der Waals surface area contributed by atoms with Crippen LogP contribution < -0.4 is 0 Å². The summed E-state index contributed by atoms with van der Waals surface area (Å²) in [6.07, 6.45) is 0. The Bertz CT molecular complexity index is 677. The summed E-state index contributed by atoms with van der Waals surface area (Å²) in [5, 5.41) is 8.94. The second-order valence-corrected chi connectivity index (χ2v) is 5.14. The fraction of sp³-hybridized carbons (Fsp3) is 0.0769. The number of aryl methyl sites for hydroxylation is 1. The molecule has 6 heteroatoms. The Morgan fingerprint density at radius 2 is 1.68 bits per heavy atom. The molecule has 1 aromatic heterocycles. The third-order valence-electron chi connectivity index (χ3n) is 2.50. The molecule has 1 aromatic carbocycles. The summed E-state index contributed by atoms with van der Waals surface area (Å²) < 4.78 is 26.2. The molecule has 0 amide bonds. The van der Waals surface area contributed by atoms with Gasteiger partial charge in [0, 0.05) is 10.4 Å². The minimum atomic E-state index is -1.48. The lowest BCUT2D eigenvalue weighted by Gasteiger charge is -2.05. The lowest BCUT2D eigenvalue weighted by molar-refractivity contribution is 0.0692. The van der Waals surface area contributed by atoms with Gasteiger partial charge in [0.15, 0.2) is 11.6 Å². The minimum Gasteiger partial charge on any atom is -0.478 e. The number of hydrogen-bond acceptors (Lipinski definition) is 3. The highest BCUT2D eigenvalue weighted by molar-refractivity contribution is 7.14. The maximum atomic E-state index is 13.2. The quantitative estimate of drug-likeness (QED) is 0.879. The lowest BCUT2D eigenvalue weighted by Crippen LogP contribution is -2.10. The molecule has 2 aromatic rings. The smallest absolute Gasteiger partial charge is 0.336 e. The van der Waals surface area contributed by atoms with Crippen molar-refractivity contribution in [2.24, 2.45) is 0 Å². The van der Waals surface area contributed by atoms with Gasteiger partial charge in [0.1, 0.15) is 0 Å². The number of carboxylic acid groups (broad SMARTS) is 1. The number of halogens is 2. The first-order valence-electron chi connectivity index (χ1n) is 5.23. The van der Waals surface area contributed by atoms with E-state index in [0.29, 0.717) is 12.1 Å². The molecule has 0 radical (unpaired) electrons. The van der Waals surface area contributed by atoms with Crippen LogP contribution in [0.2, 0.25) is 0 Å². The second-order valence-electron chi connectivity index (χ2n) is 3.86. The van der Waals surface area contributed by atoms with Gasteiger partial charge in [-0.3, -0.25) is 4.79 Å². The number of rotatable bonds is 3. The summed E-state index contributed by atoms with van der Waals surface area (Å²) in [5.41, 5.74) is -0.900. The van der Waals surface area contributed by atoms with Crippen LogP contribution in [0.25, 0.3) is 0 Å². The van der Waals surface area contributed by atoms with Crippen LogP contribution in [-0.2, 0) is 0 Å². The zero-order chi connectivity index (χ0) is 14.2. The van der Waals surface area contributed by atoms with Gasteiger partial charge in [0.05, 0.1) is 10.4 Å². The third-order valence-corrected chi connectivity index (χ3v) is 3.50. The normalized spacial score (nSPS) is 10.5. The number of hydrogen-bond donors (Lipinski definition) is 1. The Balaban J connectivity index is 2.58. The van der Waals surface area contributed by atoms with Gasteiger partial charge in [0.25, 0.3) is 0 Å². The van der Waals surface area contributed by atoms with Crippen molar-refractivity contribution >= 4 is 23.1 Å². The second kappa shape index (κ2) is 4.89. The fourth-order valence-electron chi connectivity index (χ4n) is 1.60. The van der Waals surface area contributed by atoms with E-state index in [9.17, 15) is 18.4 Å². The first-order chi connectivity index (χ1) is 8.90. The van der Waals surface area contributed by atoms with Crippen LogP contribution in [-0.4, -0.2) is 16.9 Å². The van der Waals surface area contributed by atoms with Crippen LogP contribution in [0.4, 0.5) is 8.78 Å². The van der Waals surface area contributed by atoms with E-state index in [1.54, 1.807) is 13.0 Å². The molecule has 1 N–H and O–H groups in total. The highest BCUT2D eigenvalue weighted by atomic mass is 32.1. The Morgan fingerprint density at radius 3 is 2.16 bits per heavy atom. The number of carboxylic acids is 1. The summed E-state index contributed by atoms with van der Waals surface area (Å²) >= 11 is 1.16. The number of carbonyl (C=O) groups is 2. The number of aromatic carboxylic acids is 1. The van der Waals surface area contributed by atoms with Gasteiger partial charge < -0.3 is 5.11 Å². The maximum Gasteiger partial charge on any atom is 0.336 e. The average Bonchev–Trinajstić information content (AvgIpc) is 2.77. The molecule has 0 unspecified atom stereocenters. The van der Waals surface area contributed by atoms with Crippen molar-refractivity contribution in [1.82, 2.24) is 0 Å². The monoisotopic (exact) mass is 282 g/mol. The summed E-state index contributed by atoms with van der Waals surface area (Å²) in [4.78, 5) is 24.2. The molecule has 0 aliphatic heterocycles. The zero-order valence-corrected chi connectivity index (χ0v) is 10.6. The minimum absolute atomic E-state index is 0.283. The van der Waals surface area contributed by atoms with E-state index < -0.39 is 29.0 Å². The van der Waals surface area contributed by atoms with Gasteiger partial charge in [-0.1, -0.05) is 0 Å². The van der Waals surface area contributed by atoms with E-state index in [1.807, 2.05) is 0 Å². The van der Waals surface area contributed by atoms with E-state index in [1.165, 1.54) is 6.07 Å². The number of ketones is 1. The van der Waals surface area contributed by atoms with Gasteiger partial charge in [-0.25, -0.2) is 13.6 Å². The van der Waals surface area contributed by atoms with Crippen LogP contribution in [0.1, 0.15) is 30.5 Å². The highest BCUT2D eigenvalue weighted by Crippen LogP contribution is 2.23. The highest BCUT2D eigenvalue weighted by Gasteiger charge is 2.22. The largest absolute Gasteiger partial charge is 0.478 e. The van der Waals surface area contributed by atoms with Crippen molar-refractivity contribution < 1.29 is 23.5 Å². The van der Waals surface area contributed by atoms with E-state index in [0.717, 1.165) is 16.2 Å². The van der Waals surface area contributed by atoms with Crippen molar-refractivity contribution in [1.29, 1.82) is 0 Å². The summed E-state index contributed by atoms with van der Waals surface area (Å²) in [6.45, 7) is 1.78. The molecule has 0 saturated heterocycles. The molecule has 1 heterocycles. The van der Waals surface area contributed by atoms with E-state index in [2.05, 4.69) is 0 Å². The number of thiophene rings is 1. The van der Waals surface area contributed by atoms with Gasteiger partial charge in [-0.2, -0.15) is 0 Å². The molecule has 0 aliphatic rings. The van der Waals surface area contributed by atoms with E-state index in [-0.39, 0.29) is 10.4 Å². The summed E-state index contributed by atoms with van der Waals surface area (Å²) in [6, 6.07) is 4.36. The number of benzene rings is 1. The van der Waals surface area contributed by atoms with Crippen LogP contribution in [0.3, 0.4) is 0 Å². The molecule has 0 atom stereocenters. The number of carbonyl (C=O) groups excluding carboxylic acids is 1. The topological polar surface area (TPSA) is 54.4 Å². The summed E-state index contributed by atoms with van der Waals surface area (Å²) in [7, 11) is 0. The van der Waals surface area contributed by atoms with E-state index >= 15 is 0 Å². The summed E-state index contributed by atoms with van der Waals surface area (Å²) in [5.74, 6) is -4.65.